The van der Waals surface area contributed by atoms with Gasteiger partial charge in [0.25, 0.3) is 0 Å². The van der Waals surface area contributed by atoms with Crippen LogP contribution in [0.3, 0.4) is 0 Å². The Labute approximate surface area is 80.3 Å². The number of hydrogen-bond donors (Lipinski definition) is 3. The Bertz CT molecular complexity index is 271. The smallest absolute Gasteiger partial charge is 0.0750 e. The molecule has 0 aliphatic carbocycles. The molecule has 0 atom stereocenters. The lowest BCUT2D eigenvalue weighted by atomic mass is 10.2. The highest BCUT2D eigenvalue weighted by Crippen LogP contribution is 2.43. The van der Waals surface area contributed by atoms with Gasteiger partial charge < -0.3 is 0 Å². The van der Waals surface area contributed by atoms with Gasteiger partial charge in [-0.2, -0.15) is 0 Å². The van der Waals surface area contributed by atoms with Crippen molar-refractivity contribution in [3.05, 3.63) is 29.8 Å². The van der Waals surface area contributed by atoms with E-state index in [1.807, 2.05) is 26.0 Å². The van der Waals surface area contributed by atoms with Crippen molar-refractivity contribution >= 4 is 10.8 Å². The molecule has 0 bridgehead atoms. The van der Waals surface area contributed by atoms with Gasteiger partial charge in [0.05, 0.1) is 4.90 Å². The standard InChI is InChI=1S/C9H15NO2S/c1-3-10-13(11,12)9-6-4-8(2)5-7-9/h4-7,10-12H,3H2,1-2H3. The predicted octanol–water partition coefficient (Wildman–Crippen LogP) is 2.63. The summed E-state index contributed by atoms with van der Waals surface area (Å²) in [6.45, 7) is 4.33. The van der Waals surface area contributed by atoms with Gasteiger partial charge in [-0.25, -0.2) is 4.72 Å². The Kier molecular flexibility index (Phi) is 3.33. The Morgan fingerprint density at radius 3 is 2.23 bits per heavy atom. The van der Waals surface area contributed by atoms with E-state index in [9.17, 15) is 9.11 Å². The van der Waals surface area contributed by atoms with E-state index in [-0.39, 0.29) is 0 Å². The Morgan fingerprint density at radius 2 is 1.77 bits per heavy atom. The van der Waals surface area contributed by atoms with Crippen molar-refractivity contribution in [3.8, 4) is 0 Å². The van der Waals surface area contributed by atoms with Crippen LogP contribution in [-0.4, -0.2) is 15.7 Å². The molecule has 0 amide bonds. The monoisotopic (exact) mass is 201 g/mol. The molecule has 74 valence electrons. The van der Waals surface area contributed by atoms with Crippen molar-refractivity contribution in [2.45, 2.75) is 18.7 Å². The van der Waals surface area contributed by atoms with Gasteiger partial charge in [-0.1, -0.05) is 24.6 Å². The molecule has 0 spiro atoms. The molecular weight excluding hydrogens is 186 g/mol. The summed E-state index contributed by atoms with van der Waals surface area (Å²) in [5.74, 6) is 0. The van der Waals surface area contributed by atoms with Gasteiger partial charge >= 0.3 is 0 Å². The van der Waals surface area contributed by atoms with E-state index in [0.717, 1.165) is 5.56 Å². The molecule has 1 rings (SSSR count). The van der Waals surface area contributed by atoms with Crippen LogP contribution in [0.25, 0.3) is 0 Å². The van der Waals surface area contributed by atoms with Crippen molar-refractivity contribution in [3.63, 3.8) is 0 Å². The molecule has 1 aromatic rings. The van der Waals surface area contributed by atoms with E-state index in [0.29, 0.717) is 11.4 Å². The first-order valence-corrected chi connectivity index (χ1v) is 5.70. The molecule has 0 aliphatic rings. The van der Waals surface area contributed by atoms with Gasteiger partial charge in [0.2, 0.25) is 0 Å². The van der Waals surface area contributed by atoms with Gasteiger partial charge in [0.15, 0.2) is 0 Å². The van der Waals surface area contributed by atoms with Crippen LogP contribution in [0.1, 0.15) is 12.5 Å². The highest BCUT2D eigenvalue weighted by molar-refractivity contribution is 8.22. The summed E-state index contributed by atoms with van der Waals surface area (Å²) in [7, 11) is -2.78. The molecule has 13 heavy (non-hydrogen) atoms. The van der Waals surface area contributed by atoms with Crippen molar-refractivity contribution in [2.24, 2.45) is 0 Å². The molecule has 0 aliphatic heterocycles. The molecule has 4 heteroatoms. The fraction of sp³-hybridized carbons (Fsp3) is 0.333. The minimum Gasteiger partial charge on any atom is -0.282 e. The lowest BCUT2D eigenvalue weighted by molar-refractivity contribution is 0.472. The largest absolute Gasteiger partial charge is 0.282 e. The first-order chi connectivity index (χ1) is 6.06. The molecule has 1 aromatic carbocycles. The minimum atomic E-state index is -2.78. The van der Waals surface area contributed by atoms with E-state index in [4.69, 9.17) is 0 Å². The number of aryl methyl sites for hydroxylation is 1. The van der Waals surface area contributed by atoms with Crippen LogP contribution in [0.5, 0.6) is 0 Å². The summed E-state index contributed by atoms with van der Waals surface area (Å²) in [6, 6.07) is 7.18. The van der Waals surface area contributed by atoms with E-state index >= 15 is 0 Å². The first kappa shape index (κ1) is 10.5. The molecule has 0 radical (unpaired) electrons. The minimum absolute atomic E-state index is 0.538. The fourth-order valence-corrected chi connectivity index (χ4v) is 2.10. The van der Waals surface area contributed by atoms with E-state index in [2.05, 4.69) is 4.72 Å². The van der Waals surface area contributed by atoms with Crippen LogP contribution in [0.15, 0.2) is 29.2 Å². The number of rotatable bonds is 3. The summed E-state index contributed by atoms with van der Waals surface area (Å²) >= 11 is 0. The van der Waals surface area contributed by atoms with Crippen molar-refractivity contribution in [1.82, 2.24) is 4.72 Å². The van der Waals surface area contributed by atoms with Crippen molar-refractivity contribution in [2.75, 3.05) is 6.54 Å². The zero-order valence-electron chi connectivity index (χ0n) is 7.82. The third-order valence-electron chi connectivity index (χ3n) is 1.70. The van der Waals surface area contributed by atoms with Gasteiger partial charge in [-0.15, -0.1) is 10.8 Å². The maximum absolute atomic E-state index is 9.60. The molecular formula is C9H15NO2S. The third-order valence-corrected chi connectivity index (χ3v) is 3.32. The van der Waals surface area contributed by atoms with Crippen LogP contribution >= 0.6 is 10.8 Å². The van der Waals surface area contributed by atoms with E-state index < -0.39 is 10.8 Å². The number of hydrogen-bond acceptors (Lipinski definition) is 3. The zero-order valence-corrected chi connectivity index (χ0v) is 8.64. The van der Waals surface area contributed by atoms with E-state index in [1.165, 1.54) is 0 Å². The highest BCUT2D eigenvalue weighted by Gasteiger charge is 2.12. The van der Waals surface area contributed by atoms with Crippen LogP contribution in [-0.2, 0) is 0 Å². The Balaban J connectivity index is 2.87. The second-order valence-corrected chi connectivity index (χ2v) is 4.72. The normalized spacial score (nSPS) is 12.9. The molecule has 0 unspecified atom stereocenters. The fourth-order valence-electron chi connectivity index (χ4n) is 1.01. The lowest BCUT2D eigenvalue weighted by Crippen LogP contribution is -2.19. The molecule has 0 saturated heterocycles. The van der Waals surface area contributed by atoms with Crippen LogP contribution in [0, 0.1) is 6.92 Å². The maximum atomic E-state index is 9.60. The van der Waals surface area contributed by atoms with Crippen LogP contribution in [0.4, 0.5) is 0 Å². The van der Waals surface area contributed by atoms with Crippen LogP contribution in [0.2, 0.25) is 0 Å². The number of nitrogens with one attached hydrogen (secondary N) is 1. The lowest BCUT2D eigenvalue weighted by Gasteiger charge is -2.32. The molecule has 0 heterocycles. The van der Waals surface area contributed by atoms with E-state index in [1.54, 1.807) is 12.1 Å². The molecule has 3 N–H and O–H groups in total. The molecule has 0 fully saturated rings. The topological polar surface area (TPSA) is 52.5 Å². The average molecular weight is 201 g/mol. The Hall–Kier alpha value is -0.550. The van der Waals surface area contributed by atoms with Gasteiger partial charge in [-0.05, 0) is 19.1 Å². The summed E-state index contributed by atoms with van der Waals surface area (Å²) in [4.78, 5) is 0.542. The summed E-state index contributed by atoms with van der Waals surface area (Å²) in [6.07, 6.45) is 0. The van der Waals surface area contributed by atoms with Crippen molar-refractivity contribution in [1.29, 1.82) is 0 Å². The molecule has 0 saturated carbocycles. The maximum Gasteiger partial charge on any atom is 0.0750 e. The summed E-state index contributed by atoms with van der Waals surface area (Å²) in [5.41, 5.74) is 1.11. The summed E-state index contributed by atoms with van der Waals surface area (Å²) < 4.78 is 21.9. The number of benzene rings is 1. The SMILES string of the molecule is CCNS(O)(O)c1ccc(C)cc1. The quantitative estimate of drug-likeness (QED) is 0.704. The molecule has 3 nitrogen and oxygen atoms in total. The van der Waals surface area contributed by atoms with Crippen molar-refractivity contribution < 1.29 is 9.11 Å². The predicted molar refractivity (Wildman–Crippen MR) is 56.0 cm³/mol. The average Bonchev–Trinajstić information content (AvgIpc) is 2.05. The van der Waals surface area contributed by atoms with Crippen LogP contribution < -0.4 is 4.72 Å². The Morgan fingerprint density at radius 1 is 1.23 bits per heavy atom. The van der Waals surface area contributed by atoms with Gasteiger partial charge in [0, 0.05) is 6.54 Å². The summed E-state index contributed by atoms with van der Waals surface area (Å²) in [5, 5.41) is 0. The van der Waals surface area contributed by atoms with Gasteiger partial charge in [-0.3, -0.25) is 9.11 Å². The second kappa shape index (κ2) is 4.11. The van der Waals surface area contributed by atoms with Gasteiger partial charge in [0.1, 0.15) is 0 Å². The second-order valence-electron chi connectivity index (χ2n) is 2.86. The third kappa shape index (κ3) is 2.70. The first-order valence-electron chi connectivity index (χ1n) is 4.16. The zero-order chi connectivity index (χ0) is 9.90. The highest BCUT2D eigenvalue weighted by atomic mass is 32.3. The molecule has 0 aromatic heterocycles.